The first-order valence-corrected chi connectivity index (χ1v) is 7.29. The Morgan fingerprint density at radius 3 is 2.25 bits per heavy atom. The van der Waals surface area contributed by atoms with Gasteiger partial charge in [0.25, 0.3) is 0 Å². The average molecular weight is 286 g/mol. The van der Waals surface area contributed by atoms with Gasteiger partial charge >= 0.3 is 0 Å². The minimum atomic E-state index is -0.931. The van der Waals surface area contributed by atoms with E-state index in [0.717, 1.165) is 32.1 Å². The Bertz CT molecular complexity index is 347. The van der Waals surface area contributed by atoms with E-state index in [0.29, 0.717) is 11.8 Å². The predicted molar refractivity (Wildman–Crippen MR) is 81.8 cm³/mol. The molecule has 0 aromatic carbocycles. The lowest BCUT2D eigenvalue weighted by molar-refractivity contribution is 0.0936. The molecule has 0 saturated carbocycles. The van der Waals surface area contributed by atoms with Crippen LogP contribution in [0.3, 0.4) is 0 Å². The van der Waals surface area contributed by atoms with E-state index in [1.54, 1.807) is 0 Å². The van der Waals surface area contributed by atoms with E-state index in [-0.39, 0.29) is 11.5 Å². The van der Waals surface area contributed by atoms with Crippen LogP contribution < -0.4 is 0 Å². The second-order valence-electron chi connectivity index (χ2n) is 5.48. The Kier molecular flexibility index (Phi) is 9.39. The lowest BCUT2D eigenvalue weighted by atomic mass is 9.87. The number of halogens is 2. The molecule has 0 N–H and O–H groups in total. The highest BCUT2D eigenvalue weighted by Gasteiger charge is 2.18. The summed E-state index contributed by atoms with van der Waals surface area (Å²) in [4.78, 5) is 0. The van der Waals surface area contributed by atoms with Crippen molar-refractivity contribution in [1.82, 2.24) is 0 Å². The summed E-state index contributed by atoms with van der Waals surface area (Å²) in [5.74, 6) is -0.946. The number of allylic oxidation sites excluding steroid dienone is 4. The fourth-order valence-corrected chi connectivity index (χ4v) is 1.90. The number of ether oxygens (including phenoxy) is 1. The van der Waals surface area contributed by atoms with Gasteiger partial charge < -0.3 is 4.74 Å². The third-order valence-electron chi connectivity index (χ3n) is 3.88. The molecule has 0 aromatic rings. The van der Waals surface area contributed by atoms with E-state index in [2.05, 4.69) is 27.0 Å². The van der Waals surface area contributed by atoms with Crippen LogP contribution in [0.2, 0.25) is 0 Å². The Hall–Kier alpha value is -0.960. The van der Waals surface area contributed by atoms with E-state index in [1.807, 2.05) is 13.8 Å². The molecule has 0 rings (SSSR count). The quantitative estimate of drug-likeness (QED) is 0.475. The van der Waals surface area contributed by atoms with Gasteiger partial charge in [0.05, 0.1) is 0 Å². The monoisotopic (exact) mass is 286 g/mol. The van der Waals surface area contributed by atoms with Crippen LogP contribution >= 0.6 is 0 Å². The van der Waals surface area contributed by atoms with Gasteiger partial charge in [-0.3, -0.25) is 0 Å². The minimum absolute atomic E-state index is 0.0811. The topological polar surface area (TPSA) is 9.23 Å². The molecule has 0 radical (unpaired) electrons. The van der Waals surface area contributed by atoms with E-state index >= 15 is 0 Å². The molecule has 0 heterocycles. The highest BCUT2D eigenvalue weighted by Crippen LogP contribution is 2.29. The van der Waals surface area contributed by atoms with Gasteiger partial charge in [0.15, 0.2) is 11.7 Å². The van der Waals surface area contributed by atoms with E-state index < -0.39 is 11.7 Å². The molecule has 0 aromatic heterocycles. The van der Waals surface area contributed by atoms with Crippen LogP contribution in [0.25, 0.3) is 0 Å². The van der Waals surface area contributed by atoms with Crippen molar-refractivity contribution in [3.05, 3.63) is 36.5 Å². The summed E-state index contributed by atoms with van der Waals surface area (Å²) in [6.07, 6.45) is 2.60. The Morgan fingerprint density at radius 2 is 1.75 bits per heavy atom. The maximum Gasteiger partial charge on any atom is 0.161 e. The maximum absolute atomic E-state index is 13.6. The summed E-state index contributed by atoms with van der Waals surface area (Å²) < 4.78 is 32.1. The van der Waals surface area contributed by atoms with Gasteiger partial charge in [-0.15, -0.1) is 0 Å². The van der Waals surface area contributed by atoms with Crippen molar-refractivity contribution in [2.75, 3.05) is 13.2 Å². The van der Waals surface area contributed by atoms with E-state index in [4.69, 9.17) is 4.74 Å². The first-order chi connectivity index (χ1) is 9.34. The van der Waals surface area contributed by atoms with Crippen LogP contribution in [0, 0.1) is 17.8 Å². The van der Waals surface area contributed by atoms with Crippen molar-refractivity contribution in [3.8, 4) is 0 Å². The number of rotatable bonds is 10. The van der Waals surface area contributed by atoms with Crippen LogP contribution in [0.4, 0.5) is 8.78 Å². The fourth-order valence-electron chi connectivity index (χ4n) is 1.90. The summed E-state index contributed by atoms with van der Waals surface area (Å²) in [5, 5.41) is 0. The minimum Gasteiger partial charge on any atom is -0.381 e. The molecule has 0 aliphatic heterocycles. The molecular formula is C17H28F2O. The molecule has 1 nitrogen and oxygen atoms in total. The third kappa shape index (κ3) is 6.47. The fraction of sp³-hybridized carbons (Fsp3) is 0.647. The van der Waals surface area contributed by atoms with Crippen LogP contribution in [0.15, 0.2) is 36.5 Å². The van der Waals surface area contributed by atoms with Gasteiger partial charge in [-0.1, -0.05) is 33.9 Å². The SMILES string of the molecule is C=C/C(F)=C(/F)C(=C)C(C)CCC(C)C(C)COCC. The smallest absolute Gasteiger partial charge is 0.161 e. The Labute approximate surface area is 122 Å². The standard InChI is InChI=1S/C17H28F2O/c1-7-16(18)17(19)15(6)13(4)10-9-12(3)14(5)11-20-8-2/h7,12-14H,1,6,8-11H2,2-5H3/b17-16-. The van der Waals surface area contributed by atoms with Gasteiger partial charge in [0.2, 0.25) is 0 Å². The highest BCUT2D eigenvalue weighted by molar-refractivity contribution is 5.30. The lowest BCUT2D eigenvalue weighted by Gasteiger charge is -2.22. The molecule has 3 unspecified atom stereocenters. The van der Waals surface area contributed by atoms with E-state index in [9.17, 15) is 8.78 Å². The largest absolute Gasteiger partial charge is 0.381 e. The molecule has 0 spiro atoms. The van der Waals surface area contributed by atoms with Crippen LogP contribution in [0.1, 0.15) is 40.5 Å². The van der Waals surface area contributed by atoms with Gasteiger partial charge in [-0.25, -0.2) is 8.78 Å². The van der Waals surface area contributed by atoms with Gasteiger partial charge in [-0.2, -0.15) is 0 Å². The number of hydrogen-bond donors (Lipinski definition) is 0. The first kappa shape index (κ1) is 19.0. The molecule has 20 heavy (non-hydrogen) atoms. The molecule has 0 bridgehead atoms. The lowest BCUT2D eigenvalue weighted by Crippen LogP contribution is -2.16. The molecular weight excluding hydrogens is 258 g/mol. The molecule has 0 aliphatic carbocycles. The molecule has 116 valence electrons. The zero-order chi connectivity index (χ0) is 15.7. The predicted octanol–water partition coefficient (Wildman–Crippen LogP) is 5.60. The number of hydrogen-bond acceptors (Lipinski definition) is 1. The van der Waals surface area contributed by atoms with Crippen molar-refractivity contribution >= 4 is 0 Å². The third-order valence-corrected chi connectivity index (χ3v) is 3.88. The van der Waals surface area contributed by atoms with Crippen molar-refractivity contribution < 1.29 is 13.5 Å². The van der Waals surface area contributed by atoms with Gasteiger partial charge in [-0.05, 0) is 49.2 Å². The molecule has 3 atom stereocenters. The van der Waals surface area contributed by atoms with Crippen LogP contribution in [0.5, 0.6) is 0 Å². The molecule has 0 amide bonds. The van der Waals surface area contributed by atoms with Crippen molar-refractivity contribution in [3.63, 3.8) is 0 Å². The Morgan fingerprint density at radius 1 is 1.15 bits per heavy atom. The summed E-state index contributed by atoms with van der Waals surface area (Å²) in [7, 11) is 0. The molecule has 0 fully saturated rings. The van der Waals surface area contributed by atoms with Crippen LogP contribution in [-0.2, 0) is 4.74 Å². The van der Waals surface area contributed by atoms with E-state index in [1.165, 1.54) is 0 Å². The van der Waals surface area contributed by atoms with Crippen LogP contribution in [-0.4, -0.2) is 13.2 Å². The average Bonchev–Trinajstić information content (AvgIpc) is 2.46. The van der Waals surface area contributed by atoms with Crippen molar-refractivity contribution in [2.24, 2.45) is 17.8 Å². The van der Waals surface area contributed by atoms with Crippen molar-refractivity contribution in [1.29, 1.82) is 0 Å². The second-order valence-corrected chi connectivity index (χ2v) is 5.48. The normalized spacial score (nSPS) is 17.1. The summed E-state index contributed by atoms with van der Waals surface area (Å²) in [6, 6.07) is 0. The van der Waals surface area contributed by atoms with Gasteiger partial charge in [0, 0.05) is 13.2 Å². The zero-order valence-electron chi connectivity index (χ0n) is 13.2. The highest BCUT2D eigenvalue weighted by atomic mass is 19.2. The molecule has 0 aliphatic rings. The maximum atomic E-state index is 13.6. The summed E-state index contributed by atoms with van der Waals surface area (Å²) in [6.45, 7) is 16.5. The zero-order valence-corrected chi connectivity index (χ0v) is 13.2. The summed E-state index contributed by atoms with van der Waals surface area (Å²) >= 11 is 0. The van der Waals surface area contributed by atoms with Crippen molar-refractivity contribution in [2.45, 2.75) is 40.5 Å². The molecule has 3 heteroatoms. The van der Waals surface area contributed by atoms with Gasteiger partial charge in [0.1, 0.15) is 0 Å². The Balaban J connectivity index is 4.31. The summed E-state index contributed by atoms with van der Waals surface area (Å²) in [5.41, 5.74) is 0.215. The second kappa shape index (κ2) is 9.87. The molecule has 0 saturated heterocycles. The first-order valence-electron chi connectivity index (χ1n) is 7.29.